The summed E-state index contributed by atoms with van der Waals surface area (Å²) in [5, 5.41) is 10.9. The van der Waals surface area contributed by atoms with Crippen molar-refractivity contribution in [3.05, 3.63) is 45.9 Å². The summed E-state index contributed by atoms with van der Waals surface area (Å²) in [6.45, 7) is 0. The highest BCUT2D eigenvalue weighted by Gasteiger charge is 2.19. The number of amides is 1. The molecule has 146 valence electrons. The van der Waals surface area contributed by atoms with Gasteiger partial charge < -0.3 is 18.6 Å². The first-order valence-corrected chi connectivity index (χ1v) is 8.62. The summed E-state index contributed by atoms with van der Waals surface area (Å²) in [6.07, 6.45) is 0. The smallest absolute Gasteiger partial charge is 0.322 e. The van der Waals surface area contributed by atoms with Crippen LogP contribution in [0.5, 0.6) is 17.2 Å². The first-order chi connectivity index (χ1) is 13.5. The zero-order valence-corrected chi connectivity index (χ0v) is 16.6. The van der Waals surface area contributed by atoms with Crippen LogP contribution in [0.2, 0.25) is 10.0 Å². The second-order valence-corrected chi connectivity index (χ2v) is 6.25. The summed E-state index contributed by atoms with van der Waals surface area (Å²) >= 11 is 11.9. The van der Waals surface area contributed by atoms with Gasteiger partial charge in [0.05, 0.1) is 31.9 Å². The van der Waals surface area contributed by atoms with Crippen LogP contribution in [-0.4, -0.2) is 37.4 Å². The van der Waals surface area contributed by atoms with E-state index in [1.807, 2.05) is 0 Å². The van der Waals surface area contributed by atoms with E-state index in [9.17, 15) is 4.79 Å². The fraction of sp³-hybridized carbons (Fsp3) is 0.167. The maximum atomic E-state index is 12.4. The minimum Gasteiger partial charge on any atom is -0.493 e. The van der Waals surface area contributed by atoms with Gasteiger partial charge in [0.25, 0.3) is 5.91 Å². The maximum absolute atomic E-state index is 12.4. The average Bonchev–Trinajstić information content (AvgIpc) is 3.14. The molecule has 0 spiro atoms. The van der Waals surface area contributed by atoms with Crippen LogP contribution >= 0.6 is 23.2 Å². The first-order valence-electron chi connectivity index (χ1n) is 7.87. The number of hydrogen-bond donors (Lipinski definition) is 1. The Kier molecular flexibility index (Phi) is 5.91. The van der Waals surface area contributed by atoms with Crippen molar-refractivity contribution in [2.24, 2.45) is 0 Å². The normalized spacial score (nSPS) is 10.5. The topological polar surface area (TPSA) is 95.7 Å². The zero-order chi connectivity index (χ0) is 20.3. The highest BCUT2D eigenvalue weighted by Crippen LogP contribution is 2.41. The van der Waals surface area contributed by atoms with E-state index in [0.29, 0.717) is 27.8 Å². The molecule has 0 bridgehead atoms. The molecule has 0 fully saturated rings. The first kappa shape index (κ1) is 19.8. The second kappa shape index (κ2) is 8.37. The number of ether oxygens (including phenoxy) is 3. The molecule has 0 aliphatic rings. The molecule has 0 unspecified atom stereocenters. The Morgan fingerprint density at radius 1 is 1.00 bits per heavy atom. The third-order valence-electron chi connectivity index (χ3n) is 3.73. The molecule has 8 nitrogen and oxygen atoms in total. The molecule has 1 N–H and O–H groups in total. The quantitative estimate of drug-likeness (QED) is 0.630. The van der Waals surface area contributed by atoms with E-state index in [1.165, 1.54) is 33.5 Å². The fourth-order valence-corrected chi connectivity index (χ4v) is 2.93. The van der Waals surface area contributed by atoms with Gasteiger partial charge in [-0.05, 0) is 30.3 Å². The Balaban J connectivity index is 1.87. The molecule has 0 aliphatic carbocycles. The van der Waals surface area contributed by atoms with E-state index in [2.05, 4.69) is 15.5 Å². The van der Waals surface area contributed by atoms with Crippen molar-refractivity contribution in [3.63, 3.8) is 0 Å². The molecule has 0 aliphatic heterocycles. The van der Waals surface area contributed by atoms with E-state index in [4.69, 9.17) is 41.8 Å². The van der Waals surface area contributed by atoms with Crippen molar-refractivity contribution >= 4 is 35.1 Å². The number of nitrogens with zero attached hydrogens (tertiary/aromatic N) is 2. The average molecular weight is 424 g/mol. The lowest BCUT2D eigenvalue weighted by Crippen LogP contribution is -2.12. The SMILES string of the molecule is COc1cc(-c2nnc(NC(=O)c3ccc(Cl)cc3Cl)o2)cc(OC)c1OC. The third-order valence-corrected chi connectivity index (χ3v) is 4.28. The summed E-state index contributed by atoms with van der Waals surface area (Å²) in [5.74, 6) is 0.917. The molecule has 0 saturated heterocycles. The molecule has 0 saturated carbocycles. The third kappa shape index (κ3) is 3.97. The van der Waals surface area contributed by atoms with Gasteiger partial charge in [-0.1, -0.05) is 28.3 Å². The predicted molar refractivity (Wildman–Crippen MR) is 104 cm³/mol. The van der Waals surface area contributed by atoms with Crippen LogP contribution in [-0.2, 0) is 0 Å². The molecule has 10 heteroatoms. The predicted octanol–water partition coefficient (Wildman–Crippen LogP) is 4.32. The van der Waals surface area contributed by atoms with E-state index < -0.39 is 5.91 Å². The van der Waals surface area contributed by atoms with Crippen LogP contribution in [0.25, 0.3) is 11.5 Å². The zero-order valence-electron chi connectivity index (χ0n) is 15.1. The van der Waals surface area contributed by atoms with Crippen molar-refractivity contribution in [1.29, 1.82) is 0 Å². The van der Waals surface area contributed by atoms with Crippen LogP contribution in [0.3, 0.4) is 0 Å². The van der Waals surface area contributed by atoms with Gasteiger partial charge in [-0.25, -0.2) is 0 Å². The molecule has 0 radical (unpaired) electrons. The highest BCUT2D eigenvalue weighted by atomic mass is 35.5. The molecule has 1 aromatic heterocycles. The van der Waals surface area contributed by atoms with Gasteiger partial charge in [-0.3, -0.25) is 10.1 Å². The lowest BCUT2D eigenvalue weighted by molar-refractivity contribution is 0.102. The molecular weight excluding hydrogens is 409 g/mol. The van der Waals surface area contributed by atoms with Crippen molar-refractivity contribution in [3.8, 4) is 28.7 Å². The molecule has 2 aromatic carbocycles. The number of benzene rings is 2. The molecular formula is C18H15Cl2N3O5. The standard InChI is InChI=1S/C18H15Cl2N3O5/c1-25-13-6-9(7-14(26-2)15(13)27-3)17-22-23-18(28-17)21-16(24)11-5-4-10(19)8-12(11)20/h4-8H,1-3H3,(H,21,23,24). The lowest BCUT2D eigenvalue weighted by Gasteiger charge is -2.12. The lowest BCUT2D eigenvalue weighted by atomic mass is 10.2. The molecule has 28 heavy (non-hydrogen) atoms. The van der Waals surface area contributed by atoms with E-state index >= 15 is 0 Å². The highest BCUT2D eigenvalue weighted by molar-refractivity contribution is 6.37. The Morgan fingerprint density at radius 3 is 2.25 bits per heavy atom. The van der Waals surface area contributed by atoms with Gasteiger partial charge >= 0.3 is 6.01 Å². The second-order valence-electron chi connectivity index (χ2n) is 5.40. The van der Waals surface area contributed by atoms with Crippen molar-refractivity contribution in [2.75, 3.05) is 26.6 Å². The van der Waals surface area contributed by atoms with Gasteiger partial charge in [-0.2, -0.15) is 0 Å². The van der Waals surface area contributed by atoms with Crippen LogP contribution in [0.4, 0.5) is 6.01 Å². The number of nitrogens with one attached hydrogen (secondary N) is 1. The van der Waals surface area contributed by atoms with Gasteiger partial charge in [0.1, 0.15) is 0 Å². The summed E-state index contributed by atoms with van der Waals surface area (Å²) in [4.78, 5) is 12.4. The van der Waals surface area contributed by atoms with Crippen LogP contribution in [0.15, 0.2) is 34.7 Å². The summed E-state index contributed by atoms with van der Waals surface area (Å²) in [7, 11) is 4.50. The van der Waals surface area contributed by atoms with E-state index in [1.54, 1.807) is 18.2 Å². The van der Waals surface area contributed by atoms with Gasteiger partial charge in [-0.15, -0.1) is 5.10 Å². The number of halogens is 2. The summed E-state index contributed by atoms with van der Waals surface area (Å²) < 4.78 is 21.4. The monoisotopic (exact) mass is 423 g/mol. The molecule has 1 amide bonds. The Hall–Kier alpha value is -2.97. The van der Waals surface area contributed by atoms with Crippen LogP contribution in [0, 0.1) is 0 Å². The minimum absolute atomic E-state index is 0.0974. The van der Waals surface area contributed by atoms with Crippen LogP contribution < -0.4 is 19.5 Å². The number of anilines is 1. The number of rotatable bonds is 6. The van der Waals surface area contributed by atoms with E-state index in [-0.39, 0.29) is 22.5 Å². The Labute approximate surface area is 170 Å². The molecule has 3 aromatic rings. The number of carbonyl (C=O) groups excluding carboxylic acids is 1. The minimum atomic E-state index is -0.512. The Bertz CT molecular complexity index is 997. The largest absolute Gasteiger partial charge is 0.493 e. The summed E-state index contributed by atoms with van der Waals surface area (Å²) in [5.41, 5.74) is 0.741. The molecule has 3 rings (SSSR count). The fourth-order valence-electron chi connectivity index (χ4n) is 2.43. The van der Waals surface area contributed by atoms with Crippen molar-refractivity contribution in [1.82, 2.24) is 10.2 Å². The molecule has 0 atom stereocenters. The maximum Gasteiger partial charge on any atom is 0.322 e. The van der Waals surface area contributed by atoms with Crippen molar-refractivity contribution < 1.29 is 23.4 Å². The number of methoxy groups -OCH3 is 3. The number of carbonyl (C=O) groups is 1. The van der Waals surface area contributed by atoms with Gasteiger partial charge in [0.15, 0.2) is 11.5 Å². The number of hydrogen-bond acceptors (Lipinski definition) is 7. The molecule has 1 heterocycles. The van der Waals surface area contributed by atoms with Gasteiger partial charge in [0, 0.05) is 10.6 Å². The van der Waals surface area contributed by atoms with Crippen LogP contribution in [0.1, 0.15) is 10.4 Å². The Morgan fingerprint density at radius 2 is 1.68 bits per heavy atom. The van der Waals surface area contributed by atoms with Crippen molar-refractivity contribution in [2.45, 2.75) is 0 Å². The summed E-state index contributed by atoms with van der Waals surface area (Å²) in [6, 6.07) is 7.72. The van der Waals surface area contributed by atoms with Gasteiger partial charge in [0.2, 0.25) is 11.6 Å². The number of aromatic nitrogens is 2. The van der Waals surface area contributed by atoms with E-state index in [0.717, 1.165) is 0 Å².